The van der Waals surface area contributed by atoms with Crippen LogP contribution >= 0.6 is 0 Å². The molecule has 2 amide bonds. The summed E-state index contributed by atoms with van der Waals surface area (Å²) >= 11 is 0. The number of aryl methyl sites for hydroxylation is 1. The SMILES string of the molecule is Cc1nn(-c2ccccc2)c(C)c1C(=O)NCCNC(=O)Cc1ccccc1. The number of nitrogens with one attached hydrogen (secondary N) is 2. The van der Waals surface area contributed by atoms with Crippen LogP contribution in [0, 0.1) is 13.8 Å². The summed E-state index contributed by atoms with van der Waals surface area (Å²) < 4.78 is 1.77. The Morgan fingerprint density at radius 3 is 2.18 bits per heavy atom. The Kier molecular flexibility index (Phi) is 6.22. The van der Waals surface area contributed by atoms with E-state index in [1.807, 2.05) is 74.5 Å². The fraction of sp³-hybridized carbons (Fsp3) is 0.227. The number of nitrogens with zero attached hydrogens (tertiary/aromatic N) is 2. The molecule has 1 heterocycles. The molecule has 144 valence electrons. The van der Waals surface area contributed by atoms with E-state index in [0.29, 0.717) is 30.8 Å². The lowest BCUT2D eigenvalue weighted by Gasteiger charge is -2.08. The molecule has 0 aliphatic carbocycles. The maximum atomic E-state index is 12.6. The van der Waals surface area contributed by atoms with Crippen molar-refractivity contribution in [1.82, 2.24) is 20.4 Å². The van der Waals surface area contributed by atoms with E-state index in [1.165, 1.54) is 0 Å². The van der Waals surface area contributed by atoms with Gasteiger partial charge in [-0.3, -0.25) is 9.59 Å². The summed E-state index contributed by atoms with van der Waals surface area (Å²) in [7, 11) is 0. The third-order valence-electron chi connectivity index (χ3n) is 4.46. The van der Waals surface area contributed by atoms with Gasteiger partial charge in [0.05, 0.1) is 29.1 Å². The van der Waals surface area contributed by atoms with Gasteiger partial charge in [-0.2, -0.15) is 5.10 Å². The number of carbonyl (C=O) groups excluding carboxylic acids is 2. The van der Waals surface area contributed by atoms with Crippen LogP contribution in [0.3, 0.4) is 0 Å². The molecule has 0 spiro atoms. The number of carbonyl (C=O) groups is 2. The second-order valence-corrected chi connectivity index (χ2v) is 6.56. The van der Waals surface area contributed by atoms with E-state index >= 15 is 0 Å². The number of hydrogen-bond acceptors (Lipinski definition) is 3. The van der Waals surface area contributed by atoms with Crippen molar-refractivity contribution in [3.05, 3.63) is 83.2 Å². The Balaban J connectivity index is 1.53. The molecule has 2 N–H and O–H groups in total. The molecular formula is C22H24N4O2. The van der Waals surface area contributed by atoms with Crippen LogP contribution in [0.15, 0.2) is 60.7 Å². The minimum Gasteiger partial charge on any atom is -0.354 e. The Morgan fingerprint density at radius 2 is 1.50 bits per heavy atom. The van der Waals surface area contributed by atoms with E-state index in [4.69, 9.17) is 0 Å². The van der Waals surface area contributed by atoms with E-state index in [-0.39, 0.29) is 11.8 Å². The smallest absolute Gasteiger partial charge is 0.255 e. The Hall–Kier alpha value is -3.41. The third kappa shape index (κ3) is 4.65. The van der Waals surface area contributed by atoms with E-state index in [9.17, 15) is 9.59 Å². The molecule has 0 radical (unpaired) electrons. The molecule has 0 atom stereocenters. The molecule has 3 rings (SSSR count). The van der Waals surface area contributed by atoms with Crippen molar-refractivity contribution in [2.45, 2.75) is 20.3 Å². The maximum absolute atomic E-state index is 12.6. The van der Waals surface area contributed by atoms with Crippen molar-refractivity contribution in [2.24, 2.45) is 0 Å². The quantitative estimate of drug-likeness (QED) is 0.622. The molecule has 0 unspecified atom stereocenters. The molecule has 3 aromatic rings. The van der Waals surface area contributed by atoms with Crippen molar-refractivity contribution >= 4 is 11.8 Å². The summed E-state index contributed by atoms with van der Waals surface area (Å²) in [6.45, 7) is 4.43. The average molecular weight is 376 g/mol. The van der Waals surface area contributed by atoms with Crippen molar-refractivity contribution in [3.8, 4) is 5.69 Å². The predicted octanol–water partition coefficient (Wildman–Crippen LogP) is 2.58. The number of hydrogen-bond donors (Lipinski definition) is 2. The van der Waals surface area contributed by atoms with Gasteiger partial charge in [0, 0.05) is 13.1 Å². The minimum atomic E-state index is -0.186. The summed E-state index contributed by atoms with van der Waals surface area (Å²) in [4.78, 5) is 24.5. The highest BCUT2D eigenvalue weighted by atomic mass is 16.2. The lowest BCUT2D eigenvalue weighted by molar-refractivity contribution is -0.120. The summed E-state index contributed by atoms with van der Waals surface area (Å²) in [5.74, 6) is -0.251. The number of aromatic nitrogens is 2. The van der Waals surface area contributed by atoms with Crippen LogP contribution < -0.4 is 10.6 Å². The van der Waals surface area contributed by atoms with E-state index < -0.39 is 0 Å². The first kappa shape index (κ1) is 19.4. The Morgan fingerprint density at radius 1 is 0.893 bits per heavy atom. The van der Waals surface area contributed by atoms with Gasteiger partial charge in [-0.1, -0.05) is 48.5 Å². The van der Waals surface area contributed by atoms with Crippen molar-refractivity contribution in [1.29, 1.82) is 0 Å². The predicted molar refractivity (Wildman–Crippen MR) is 109 cm³/mol. The first-order chi connectivity index (χ1) is 13.6. The second kappa shape index (κ2) is 8.99. The van der Waals surface area contributed by atoms with Gasteiger partial charge >= 0.3 is 0 Å². The van der Waals surface area contributed by atoms with Crippen LogP contribution in [0.2, 0.25) is 0 Å². The van der Waals surface area contributed by atoms with E-state index in [0.717, 1.165) is 16.9 Å². The number of para-hydroxylation sites is 1. The summed E-state index contributed by atoms with van der Waals surface area (Å²) in [6.07, 6.45) is 0.330. The number of amides is 2. The zero-order valence-electron chi connectivity index (χ0n) is 16.1. The number of rotatable bonds is 7. The van der Waals surface area contributed by atoms with Crippen molar-refractivity contribution < 1.29 is 9.59 Å². The van der Waals surface area contributed by atoms with Crippen molar-refractivity contribution in [2.75, 3.05) is 13.1 Å². The Labute approximate surface area is 164 Å². The fourth-order valence-corrected chi connectivity index (χ4v) is 3.10. The molecule has 28 heavy (non-hydrogen) atoms. The molecule has 0 saturated carbocycles. The first-order valence-corrected chi connectivity index (χ1v) is 9.26. The van der Waals surface area contributed by atoms with Gasteiger partial charge in [0.15, 0.2) is 0 Å². The highest BCUT2D eigenvalue weighted by molar-refractivity contribution is 5.96. The van der Waals surface area contributed by atoms with Gasteiger partial charge in [0.25, 0.3) is 5.91 Å². The minimum absolute atomic E-state index is 0.0651. The van der Waals surface area contributed by atoms with Gasteiger partial charge in [0.2, 0.25) is 5.91 Å². The molecule has 2 aromatic carbocycles. The third-order valence-corrected chi connectivity index (χ3v) is 4.46. The topological polar surface area (TPSA) is 76.0 Å². The number of benzene rings is 2. The largest absolute Gasteiger partial charge is 0.354 e. The van der Waals surface area contributed by atoms with Crippen LogP contribution in [0.5, 0.6) is 0 Å². The highest BCUT2D eigenvalue weighted by Gasteiger charge is 2.19. The van der Waals surface area contributed by atoms with Gasteiger partial charge in [-0.05, 0) is 31.5 Å². The summed E-state index contributed by atoms with van der Waals surface area (Å²) in [6, 6.07) is 19.3. The Bertz CT molecular complexity index is 949. The zero-order valence-corrected chi connectivity index (χ0v) is 16.1. The average Bonchev–Trinajstić information content (AvgIpc) is 3.01. The highest BCUT2D eigenvalue weighted by Crippen LogP contribution is 2.17. The second-order valence-electron chi connectivity index (χ2n) is 6.56. The molecule has 6 heteroatoms. The zero-order chi connectivity index (χ0) is 19.9. The van der Waals surface area contributed by atoms with Gasteiger partial charge in [-0.25, -0.2) is 4.68 Å². The lowest BCUT2D eigenvalue weighted by atomic mass is 10.1. The molecular weight excluding hydrogens is 352 g/mol. The molecule has 1 aromatic heterocycles. The standard InChI is InChI=1S/C22H24N4O2/c1-16-21(17(2)26(25-16)19-11-7-4-8-12-19)22(28)24-14-13-23-20(27)15-18-9-5-3-6-10-18/h3-12H,13-15H2,1-2H3,(H,23,27)(H,24,28). The van der Waals surface area contributed by atoms with Gasteiger partial charge < -0.3 is 10.6 Å². The van der Waals surface area contributed by atoms with Gasteiger partial charge in [-0.15, -0.1) is 0 Å². The molecule has 6 nitrogen and oxygen atoms in total. The van der Waals surface area contributed by atoms with E-state index in [1.54, 1.807) is 4.68 Å². The molecule has 0 aliphatic heterocycles. The first-order valence-electron chi connectivity index (χ1n) is 9.26. The normalized spacial score (nSPS) is 10.5. The van der Waals surface area contributed by atoms with Crippen LogP contribution in [0.1, 0.15) is 27.3 Å². The van der Waals surface area contributed by atoms with Crippen LogP contribution in [0.4, 0.5) is 0 Å². The lowest BCUT2D eigenvalue weighted by Crippen LogP contribution is -2.35. The van der Waals surface area contributed by atoms with E-state index in [2.05, 4.69) is 15.7 Å². The van der Waals surface area contributed by atoms with Gasteiger partial charge in [0.1, 0.15) is 0 Å². The summed E-state index contributed by atoms with van der Waals surface area (Å²) in [5, 5.41) is 10.2. The monoisotopic (exact) mass is 376 g/mol. The molecule has 0 saturated heterocycles. The fourth-order valence-electron chi connectivity index (χ4n) is 3.10. The van der Waals surface area contributed by atoms with Crippen LogP contribution in [0.25, 0.3) is 5.69 Å². The van der Waals surface area contributed by atoms with Crippen molar-refractivity contribution in [3.63, 3.8) is 0 Å². The molecule has 0 bridgehead atoms. The maximum Gasteiger partial charge on any atom is 0.255 e. The molecule has 0 aliphatic rings. The van der Waals surface area contributed by atoms with Crippen LogP contribution in [-0.4, -0.2) is 34.7 Å². The summed E-state index contributed by atoms with van der Waals surface area (Å²) in [5.41, 5.74) is 3.90. The van der Waals surface area contributed by atoms with Crippen LogP contribution in [-0.2, 0) is 11.2 Å². The molecule has 0 fully saturated rings.